The summed E-state index contributed by atoms with van der Waals surface area (Å²) in [4.78, 5) is 12.8. The van der Waals surface area contributed by atoms with Gasteiger partial charge in [-0.3, -0.25) is 4.79 Å². The van der Waals surface area contributed by atoms with Crippen LogP contribution in [0.4, 0.5) is 0 Å². The molecule has 0 bridgehead atoms. The molecule has 0 atom stereocenters. The Morgan fingerprint density at radius 2 is 1.58 bits per heavy atom. The molecule has 0 saturated heterocycles. The van der Waals surface area contributed by atoms with Crippen LogP contribution in [0, 0.1) is 0 Å². The highest BCUT2D eigenvalue weighted by Crippen LogP contribution is 2.19. The van der Waals surface area contributed by atoms with Gasteiger partial charge < -0.3 is 10.0 Å². The van der Waals surface area contributed by atoms with Crippen LogP contribution < -0.4 is 0 Å². The van der Waals surface area contributed by atoms with Gasteiger partial charge in [0.25, 0.3) is 0 Å². The van der Waals surface area contributed by atoms with Gasteiger partial charge in [-0.15, -0.1) is 0 Å². The summed E-state index contributed by atoms with van der Waals surface area (Å²) in [6, 6.07) is 18.2. The predicted molar refractivity (Wildman–Crippen MR) is 75.4 cm³/mol. The lowest BCUT2D eigenvalue weighted by atomic mass is 10.0. The van der Waals surface area contributed by atoms with Crippen molar-refractivity contribution in [2.45, 2.75) is 6.54 Å². The van der Waals surface area contributed by atoms with Crippen LogP contribution in [0.25, 0.3) is 11.1 Å². The Morgan fingerprint density at radius 3 is 2.16 bits per heavy atom. The molecule has 0 aliphatic rings. The van der Waals surface area contributed by atoms with Gasteiger partial charge in [0.2, 0.25) is 5.91 Å². The number of likely N-dealkylation sites (N-methyl/N-ethyl adjacent to an activating group) is 1. The van der Waals surface area contributed by atoms with Gasteiger partial charge in [-0.2, -0.15) is 0 Å². The number of nitrogens with zero attached hydrogens (tertiary/aromatic N) is 1. The molecule has 0 aromatic heterocycles. The van der Waals surface area contributed by atoms with Crippen LogP contribution in [0.15, 0.2) is 54.6 Å². The number of rotatable bonds is 4. The number of aliphatic hydroxyl groups excluding tert-OH is 1. The summed E-state index contributed by atoms with van der Waals surface area (Å²) < 4.78 is 0. The van der Waals surface area contributed by atoms with E-state index in [4.69, 9.17) is 5.11 Å². The summed E-state index contributed by atoms with van der Waals surface area (Å²) >= 11 is 0. The SMILES string of the molecule is CN(Cc1ccc(-c2ccccc2)cc1)C(=O)CO. The molecule has 0 spiro atoms. The Bertz CT molecular complexity index is 534. The van der Waals surface area contributed by atoms with E-state index >= 15 is 0 Å². The largest absolute Gasteiger partial charge is 0.387 e. The quantitative estimate of drug-likeness (QED) is 0.910. The molecule has 0 radical (unpaired) electrons. The molecule has 2 aromatic carbocycles. The normalized spacial score (nSPS) is 10.2. The topological polar surface area (TPSA) is 40.5 Å². The second-order valence-corrected chi connectivity index (χ2v) is 4.47. The molecule has 0 aliphatic carbocycles. The molecular weight excluding hydrogens is 238 g/mol. The highest BCUT2D eigenvalue weighted by molar-refractivity contribution is 5.76. The maximum Gasteiger partial charge on any atom is 0.248 e. The molecule has 0 unspecified atom stereocenters. The Hall–Kier alpha value is -2.13. The number of carbonyl (C=O) groups is 1. The molecule has 0 fully saturated rings. The Kier molecular flexibility index (Phi) is 4.31. The van der Waals surface area contributed by atoms with Crippen molar-refractivity contribution in [2.24, 2.45) is 0 Å². The lowest BCUT2D eigenvalue weighted by molar-refractivity contribution is -0.133. The van der Waals surface area contributed by atoms with E-state index in [-0.39, 0.29) is 5.91 Å². The fourth-order valence-corrected chi connectivity index (χ4v) is 1.92. The third kappa shape index (κ3) is 3.42. The van der Waals surface area contributed by atoms with Crippen molar-refractivity contribution in [3.63, 3.8) is 0 Å². The predicted octanol–water partition coefficient (Wildman–Crippen LogP) is 2.30. The molecule has 3 nitrogen and oxygen atoms in total. The summed E-state index contributed by atoms with van der Waals surface area (Å²) in [6.07, 6.45) is 0. The summed E-state index contributed by atoms with van der Waals surface area (Å²) in [5.74, 6) is -0.271. The van der Waals surface area contributed by atoms with E-state index in [9.17, 15) is 4.79 Å². The molecule has 2 aromatic rings. The second kappa shape index (κ2) is 6.16. The van der Waals surface area contributed by atoms with Gasteiger partial charge >= 0.3 is 0 Å². The van der Waals surface area contributed by atoms with Crippen molar-refractivity contribution in [2.75, 3.05) is 13.7 Å². The van der Waals surface area contributed by atoms with Crippen LogP contribution >= 0.6 is 0 Å². The van der Waals surface area contributed by atoms with Gasteiger partial charge in [-0.05, 0) is 16.7 Å². The number of benzene rings is 2. The number of amides is 1. The molecule has 0 aliphatic heterocycles. The number of hydrogen-bond donors (Lipinski definition) is 1. The maximum absolute atomic E-state index is 11.3. The van der Waals surface area contributed by atoms with Crippen molar-refractivity contribution in [1.82, 2.24) is 4.90 Å². The third-order valence-corrected chi connectivity index (χ3v) is 3.04. The van der Waals surface area contributed by atoms with E-state index < -0.39 is 6.61 Å². The third-order valence-electron chi connectivity index (χ3n) is 3.04. The van der Waals surface area contributed by atoms with Crippen LogP contribution in [0.1, 0.15) is 5.56 Å². The first-order chi connectivity index (χ1) is 9.20. The first-order valence-electron chi connectivity index (χ1n) is 6.20. The summed E-state index contributed by atoms with van der Waals surface area (Å²) in [5.41, 5.74) is 3.37. The van der Waals surface area contributed by atoms with Crippen molar-refractivity contribution < 1.29 is 9.90 Å². The standard InChI is InChI=1S/C16H17NO2/c1-17(16(19)12-18)11-13-7-9-15(10-8-13)14-5-3-2-4-6-14/h2-10,18H,11-12H2,1H3. The van der Waals surface area contributed by atoms with Crippen LogP contribution in [0.2, 0.25) is 0 Å². The average molecular weight is 255 g/mol. The molecular formula is C16H17NO2. The van der Waals surface area contributed by atoms with Crippen LogP contribution in [0.5, 0.6) is 0 Å². The number of hydrogen-bond acceptors (Lipinski definition) is 2. The molecule has 1 amide bonds. The molecule has 3 heteroatoms. The van der Waals surface area contributed by atoms with E-state index in [2.05, 4.69) is 12.1 Å². The van der Waals surface area contributed by atoms with E-state index in [0.717, 1.165) is 11.1 Å². The minimum absolute atomic E-state index is 0.271. The zero-order valence-electron chi connectivity index (χ0n) is 10.9. The molecule has 0 heterocycles. The number of carbonyl (C=O) groups excluding carboxylic acids is 1. The summed E-state index contributed by atoms with van der Waals surface area (Å²) in [5, 5.41) is 8.78. The van der Waals surface area contributed by atoms with E-state index in [1.165, 1.54) is 10.5 Å². The fraction of sp³-hybridized carbons (Fsp3) is 0.188. The maximum atomic E-state index is 11.3. The number of aliphatic hydroxyl groups is 1. The first-order valence-corrected chi connectivity index (χ1v) is 6.20. The van der Waals surface area contributed by atoms with Crippen molar-refractivity contribution in [1.29, 1.82) is 0 Å². The smallest absolute Gasteiger partial charge is 0.248 e. The van der Waals surface area contributed by atoms with Gasteiger partial charge in [0, 0.05) is 13.6 Å². The highest BCUT2D eigenvalue weighted by atomic mass is 16.3. The van der Waals surface area contributed by atoms with Crippen LogP contribution in [-0.4, -0.2) is 29.6 Å². The van der Waals surface area contributed by atoms with Gasteiger partial charge in [-0.25, -0.2) is 0 Å². The lowest BCUT2D eigenvalue weighted by Crippen LogP contribution is -2.28. The first kappa shape index (κ1) is 13.3. The zero-order valence-corrected chi connectivity index (χ0v) is 10.9. The minimum Gasteiger partial charge on any atom is -0.387 e. The minimum atomic E-state index is -0.446. The molecule has 19 heavy (non-hydrogen) atoms. The van der Waals surface area contributed by atoms with Crippen LogP contribution in [-0.2, 0) is 11.3 Å². The second-order valence-electron chi connectivity index (χ2n) is 4.47. The molecule has 1 N–H and O–H groups in total. The van der Waals surface area contributed by atoms with Crippen molar-refractivity contribution in [3.05, 3.63) is 60.2 Å². The molecule has 0 saturated carbocycles. The summed E-state index contributed by atoms with van der Waals surface area (Å²) in [6.45, 7) is 0.0626. The Labute approximate surface area is 113 Å². The lowest BCUT2D eigenvalue weighted by Gasteiger charge is -2.16. The van der Waals surface area contributed by atoms with Crippen molar-refractivity contribution >= 4 is 5.91 Å². The van der Waals surface area contributed by atoms with Gasteiger partial charge in [0.1, 0.15) is 6.61 Å². The zero-order chi connectivity index (χ0) is 13.7. The monoisotopic (exact) mass is 255 g/mol. The summed E-state index contributed by atoms with van der Waals surface area (Å²) in [7, 11) is 1.68. The van der Waals surface area contributed by atoms with E-state index in [1.54, 1.807) is 7.05 Å². The van der Waals surface area contributed by atoms with E-state index in [0.29, 0.717) is 6.54 Å². The Balaban J connectivity index is 2.09. The highest BCUT2D eigenvalue weighted by Gasteiger charge is 2.07. The van der Waals surface area contributed by atoms with Crippen molar-refractivity contribution in [3.8, 4) is 11.1 Å². The van der Waals surface area contributed by atoms with E-state index in [1.807, 2.05) is 42.5 Å². The average Bonchev–Trinajstić information content (AvgIpc) is 2.48. The molecule has 2 rings (SSSR count). The van der Waals surface area contributed by atoms with Gasteiger partial charge in [-0.1, -0.05) is 54.6 Å². The fourth-order valence-electron chi connectivity index (χ4n) is 1.92. The van der Waals surface area contributed by atoms with Crippen LogP contribution in [0.3, 0.4) is 0 Å². The van der Waals surface area contributed by atoms with Gasteiger partial charge in [0.15, 0.2) is 0 Å². The Morgan fingerprint density at radius 1 is 1.00 bits per heavy atom. The molecule has 98 valence electrons. The van der Waals surface area contributed by atoms with Gasteiger partial charge in [0.05, 0.1) is 0 Å².